The maximum absolute atomic E-state index is 12.4. The number of rotatable bonds is 7. The third-order valence-electron chi connectivity index (χ3n) is 5.06. The van der Waals surface area contributed by atoms with E-state index in [2.05, 4.69) is 47.6 Å². The van der Waals surface area contributed by atoms with Gasteiger partial charge in [0.15, 0.2) is 11.5 Å². The molecule has 1 aromatic heterocycles. The molecule has 0 atom stereocenters. The number of nitrogens with one attached hydrogen (secondary N) is 1. The predicted octanol–water partition coefficient (Wildman–Crippen LogP) is 5.96. The predicted molar refractivity (Wildman–Crippen MR) is 132 cm³/mol. The SMILES string of the molecule is Cc1ccc(C)c(Sc2ccc(NC(=O)CSc3nnc(-c4ccc5c(c4)OCO5)o3)cc2)c1. The molecular formula is C25H21N3O4S2. The minimum atomic E-state index is -0.150. The Morgan fingerprint density at radius 3 is 2.65 bits per heavy atom. The largest absolute Gasteiger partial charge is 0.454 e. The van der Waals surface area contributed by atoms with Crippen molar-refractivity contribution in [1.82, 2.24) is 10.2 Å². The summed E-state index contributed by atoms with van der Waals surface area (Å²) >= 11 is 2.90. The maximum atomic E-state index is 12.4. The van der Waals surface area contributed by atoms with E-state index in [-0.39, 0.29) is 18.5 Å². The highest BCUT2D eigenvalue weighted by molar-refractivity contribution is 7.99. The van der Waals surface area contributed by atoms with Crippen molar-refractivity contribution in [3.8, 4) is 23.0 Å². The van der Waals surface area contributed by atoms with Crippen molar-refractivity contribution in [2.24, 2.45) is 0 Å². The first kappa shape index (κ1) is 22.4. The summed E-state index contributed by atoms with van der Waals surface area (Å²) in [6.07, 6.45) is 0. The fourth-order valence-electron chi connectivity index (χ4n) is 3.29. The van der Waals surface area contributed by atoms with Crippen LogP contribution >= 0.6 is 23.5 Å². The Labute approximate surface area is 205 Å². The van der Waals surface area contributed by atoms with Crippen molar-refractivity contribution in [3.05, 3.63) is 71.8 Å². The first-order valence-electron chi connectivity index (χ1n) is 10.5. The van der Waals surface area contributed by atoms with Gasteiger partial charge in [-0.1, -0.05) is 35.7 Å². The second-order valence-electron chi connectivity index (χ2n) is 7.67. The molecule has 1 aliphatic heterocycles. The van der Waals surface area contributed by atoms with Gasteiger partial charge >= 0.3 is 0 Å². The standard InChI is InChI=1S/C25H21N3O4S2/c1-15-3-4-16(2)22(11-15)34-19-8-6-18(7-9-19)26-23(29)13-33-25-28-27-24(32-25)17-5-10-20-21(12-17)31-14-30-20/h3-12H,13-14H2,1-2H3,(H,26,29). The van der Waals surface area contributed by atoms with Gasteiger partial charge in [0.1, 0.15) is 0 Å². The highest BCUT2D eigenvalue weighted by Gasteiger charge is 2.17. The molecule has 1 aliphatic rings. The van der Waals surface area contributed by atoms with Crippen molar-refractivity contribution in [1.29, 1.82) is 0 Å². The molecular weight excluding hydrogens is 470 g/mol. The Kier molecular flexibility index (Phi) is 6.46. The number of nitrogens with zero attached hydrogens (tertiary/aromatic N) is 2. The molecule has 1 amide bonds. The number of ether oxygens (including phenoxy) is 2. The number of benzene rings is 3. The first-order valence-corrected chi connectivity index (χ1v) is 12.3. The van der Waals surface area contributed by atoms with Gasteiger partial charge in [0.25, 0.3) is 5.22 Å². The summed E-state index contributed by atoms with van der Waals surface area (Å²) in [6.45, 7) is 4.40. The minimum absolute atomic E-state index is 0.150. The average Bonchev–Trinajstić information content (AvgIpc) is 3.50. The third kappa shape index (κ3) is 5.21. The highest BCUT2D eigenvalue weighted by Crippen LogP contribution is 2.36. The smallest absolute Gasteiger partial charge is 0.277 e. The molecule has 34 heavy (non-hydrogen) atoms. The van der Waals surface area contributed by atoms with E-state index in [9.17, 15) is 4.79 Å². The van der Waals surface area contributed by atoms with E-state index >= 15 is 0 Å². The quantitative estimate of drug-likeness (QED) is 0.317. The number of fused-ring (bicyclic) bond motifs is 1. The van der Waals surface area contributed by atoms with Crippen LogP contribution in [0.2, 0.25) is 0 Å². The summed E-state index contributed by atoms with van der Waals surface area (Å²) < 4.78 is 16.4. The van der Waals surface area contributed by atoms with Crippen LogP contribution in [0.25, 0.3) is 11.5 Å². The van der Waals surface area contributed by atoms with Crippen molar-refractivity contribution in [2.75, 3.05) is 17.9 Å². The molecule has 9 heteroatoms. The van der Waals surface area contributed by atoms with Gasteiger partial charge in [-0.05, 0) is 73.5 Å². The van der Waals surface area contributed by atoms with Gasteiger partial charge in [-0.25, -0.2) is 0 Å². The van der Waals surface area contributed by atoms with E-state index in [0.29, 0.717) is 22.6 Å². The van der Waals surface area contributed by atoms with Crippen molar-refractivity contribution in [2.45, 2.75) is 28.9 Å². The van der Waals surface area contributed by atoms with Crippen LogP contribution in [0, 0.1) is 13.8 Å². The summed E-state index contributed by atoms with van der Waals surface area (Å²) in [5.74, 6) is 1.69. The van der Waals surface area contributed by atoms with E-state index < -0.39 is 0 Å². The van der Waals surface area contributed by atoms with E-state index in [1.807, 2.05) is 30.3 Å². The van der Waals surface area contributed by atoms with Crippen LogP contribution in [0.1, 0.15) is 11.1 Å². The number of anilines is 1. The zero-order chi connectivity index (χ0) is 23.5. The van der Waals surface area contributed by atoms with Crippen LogP contribution in [0.4, 0.5) is 5.69 Å². The summed E-state index contributed by atoms with van der Waals surface area (Å²) in [6, 6.07) is 19.7. The minimum Gasteiger partial charge on any atom is -0.454 e. The Morgan fingerprint density at radius 1 is 0.971 bits per heavy atom. The monoisotopic (exact) mass is 491 g/mol. The molecule has 1 N–H and O–H groups in total. The molecule has 2 heterocycles. The van der Waals surface area contributed by atoms with Crippen LogP contribution in [0.5, 0.6) is 11.5 Å². The van der Waals surface area contributed by atoms with E-state index in [1.54, 1.807) is 23.9 Å². The van der Waals surface area contributed by atoms with E-state index in [1.165, 1.54) is 27.8 Å². The third-order valence-corrected chi connectivity index (χ3v) is 7.05. The number of thioether (sulfide) groups is 1. The van der Waals surface area contributed by atoms with Crippen LogP contribution in [0.3, 0.4) is 0 Å². The zero-order valence-electron chi connectivity index (χ0n) is 18.5. The number of hydrogen-bond acceptors (Lipinski definition) is 8. The molecule has 0 bridgehead atoms. The van der Waals surface area contributed by atoms with Gasteiger partial charge < -0.3 is 19.2 Å². The number of carbonyl (C=O) groups excluding carboxylic acids is 1. The Hall–Kier alpha value is -3.43. The molecule has 4 aromatic rings. The summed E-state index contributed by atoms with van der Waals surface area (Å²) in [5, 5.41) is 11.3. The molecule has 0 spiro atoms. The molecule has 0 unspecified atom stereocenters. The Bertz CT molecular complexity index is 1340. The van der Waals surface area contributed by atoms with E-state index in [0.717, 1.165) is 16.1 Å². The fraction of sp³-hybridized carbons (Fsp3) is 0.160. The van der Waals surface area contributed by atoms with Crippen molar-refractivity contribution in [3.63, 3.8) is 0 Å². The van der Waals surface area contributed by atoms with Gasteiger partial charge in [-0.3, -0.25) is 4.79 Å². The molecule has 5 rings (SSSR count). The Morgan fingerprint density at radius 2 is 1.79 bits per heavy atom. The molecule has 0 aliphatic carbocycles. The summed E-state index contributed by atoms with van der Waals surface area (Å²) in [4.78, 5) is 14.7. The second kappa shape index (κ2) is 9.82. The lowest BCUT2D eigenvalue weighted by atomic mass is 10.2. The van der Waals surface area contributed by atoms with Crippen molar-refractivity contribution < 1.29 is 18.7 Å². The van der Waals surface area contributed by atoms with Gasteiger partial charge in [0.05, 0.1) is 5.75 Å². The maximum Gasteiger partial charge on any atom is 0.277 e. The van der Waals surface area contributed by atoms with Crippen molar-refractivity contribution >= 4 is 35.1 Å². The van der Waals surface area contributed by atoms with Crippen LogP contribution < -0.4 is 14.8 Å². The van der Waals surface area contributed by atoms with Gasteiger partial charge in [0, 0.05) is 21.0 Å². The second-order valence-corrected chi connectivity index (χ2v) is 9.72. The van der Waals surface area contributed by atoms with Crippen LogP contribution in [0.15, 0.2) is 80.1 Å². The van der Waals surface area contributed by atoms with E-state index in [4.69, 9.17) is 13.9 Å². The molecule has 0 saturated carbocycles. The lowest BCUT2D eigenvalue weighted by Crippen LogP contribution is -2.13. The number of carbonyl (C=O) groups is 1. The first-order chi connectivity index (χ1) is 16.5. The van der Waals surface area contributed by atoms with Gasteiger partial charge in [0.2, 0.25) is 18.6 Å². The highest BCUT2D eigenvalue weighted by atomic mass is 32.2. The number of aromatic nitrogens is 2. The summed E-state index contributed by atoms with van der Waals surface area (Å²) in [5.41, 5.74) is 3.95. The average molecular weight is 492 g/mol. The zero-order valence-corrected chi connectivity index (χ0v) is 20.2. The molecule has 0 fully saturated rings. The molecule has 7 nitrogen and oxygen atoms in total. The molecule has 0 saturated heterocycles. The van der Waals surface area contributed by atoms with Gasteiger partial charge in [-0.15, -0.1) is 10.2 Å². The van der Waals surface area contributed by atoms with Gasteiger partial charge in [-0.2, -0.15) is 0 Å². The fourth-order valence-corrected chi connectivity index (χ4v) is 4.85. The lowest BCUT2D eigenvalue weighted by Gasteiger charge is -2.08. The van der Waals surface area contributed by atoms with Crippen LogP contribution in [-0.2, 0) is 4.79 Å². The molecule has 3 aromatic carbocycles. The van der Waals surface area contributed by atoms with Crippen LogP contribution in [-0.4, -0.2) is 28.7 Å². The number of hydrogen-bond donors (Lipinski definition) is 1. The number of amides is 1. The summed E-state index contributed by atoms with van der Waals surface area (Å²) in [7, 11) is 0. The normalized spacial score (nSPS) is 12.1. The Balaban J connectivity index is 1.14. The number of aryl methyl sites for hydroxylation is 2. The molecule has 172 valence electrons. The lowest BCUT2D eigenvalue weighted by molar-refractivity contribution is -0.113. The molecule has 0 radical (unpaired) electrons. The topological polar surface area (TPSA) is 86.5 Å².